The SMILES string of the molecule is O=[N+]([O-])c1cccc(-c2nc3c(Cl)cccn3c2-c2ccnc(Nc3ccc(F)cc3)n2)c1. The summed E-state index contributed by atoms with van der Waals surface area (Å²) < 4.78 is 15.0. The summed E-state index contributed by atoms with van der Waals surface area (Å²) in [5.74, 6) is -0.0551. The molecule has 3 heterocycles. The van der Waals surface area contributed by atoms with Crippen molar-refractivity contribution in [3.63, 3.8) is 0 Å². The van der Waals surface area contributed by atoms with Crippen LogP contribution in [0.4, 0.5) is 21.7 Å². The molecule has 0 aliphatic rings. The molecule has 33 heavy (non-hydrogen) atoms. The lowest BCUT2D eigenvalue weighted by Gasteiger charge is -2.08. The molecule has 1 N–H and O–H groups in total. The number of rotatable bonds is 5. The molecule has 0 amide bonds. The van der Waals surface area contributed by atoms with E-state index in [1.807, 2.05) is 0 Å². The van der Waals surface area contributed by atoms with Gasteiger partial charge in [0.1, 0.15) is 5.82 Å². The first-order valence-corrected chi connectivity index (χ1v) is 10.1. The average Bonchev–Trinajstić information content (AvgIpc) is 3.22. The summed E-state index contributed by atoms with van der Waals surface area (Å²) in [4.78, 5) is 24.4. The minimum absolute atomic E-state index is 0.0528. The zero-order valence-corrected chi connectivity index (χ0v) is 17.6. The lowest BCUT2D eigenvalue weighted by atomic mass is 10.1. The molecule has 0 unspecified atom stereocenters. The fraction of sp³-hybridized carbons (Fsp3) is 0. The number of anilines is 2. The van der Waals surface area contributed by atoms with Crippen LogP contribution in [0.1, 0.15) is 0 Å². The zero-order valence-electron chi connectivity index (χ0n) is 16.8. The van der Waals surface area contributed by atoms with Crippen LogP contribution in [0.2, 0.25) is 5.02 Å². The number of imidazole rings is 1. The Labute approximate surface area is 191 Å². The number of nitrogens with zero attached hydrogens (tertiary/aromatic N) is 5. The van der Waals surface area contributed by atoms with Gasteiger partial charge in [0.15, 0.2) is 5.65 Å². The van der Waals surface area contributed by atoms with Crippen molar-refractivity contribution in [3.8, 4) is 22.6 Å². The molecule has 0 aliphatic heterocycles. The van der Waals surface area contributed by atoms with Crippen LogP contribution in [0, 0.1) is 15.9 Å². The highest BCUT2D eigenvalue weighted by Gasteiger charge is 2.20. The van der Waals surface area contributed by atoms with Gasteiger partial charge < -0.3 is 5.32 Å². The number of nitrogens with one attached hydrogen (secondary N) is 1. The molecular weight excluding hydrogens is 447 g/mol. The number of pyridine rings is 1. The Bertz CT molecular complexity index is 1500. The number of fused-ring (bicyclic) bond motifs is 1. The van der Waals surface area contributed by atoms with E-state index in [-0.39, 0.29) is 11.5 Å². The lowest BCUT2D eigenvalue weighted by molar-refractivity contribution is -0.384. The normalized spacial score (nSPS) is 11.0. The molecule has 0 atom stereocenters. The number of hydrogen-bond acceptors (Lipinski definition) is 6. The Morgan fingerprint density at radius 2 is 1.85 bits per heavy atom. The number of benzene rings is 2. The van der Waals surface area contributed by atoms with Crippen molar-refractivity contribution >= 4 is 34.6 Å². The van der Waals surface area contributed by atoms with Crippen molar-refractivity contribution in [3.05, 3.63) is 100 Å². The predicted octanol–water partition coefficient (Wildman–Crippen LogP) is 5.90. The number of non-ortho nitro benzene ring substituents is 1. The third-order valence-corrected chi connectivity index (χ3v) is 5.23. The second kappa shape index (κ2) is 8.29. The van der Waals surface area contributed by atoms with Gasteiger partial charge in [0.2, 0.25) is 5.95 Å². The molecule has 0 saturated carbocycles. The first-order valence-electron chi connectivity index (χ1n) is 9.77. The minimum atomic E-state index is -0.457. The van der Waals surface area contributed by atoms with Crippen molar-refractivity contribution < 1.29 is 9.31 Å². The van der Waals surface area contributed by atoms with Crippen molar-refractivity contribution in [1.82, 2.24) is 19.4 Å². The maximum Gasteiger partial charge on any atom is 0.270 e. The van der Waals surface area contributed by atoms with Gasteiger partial charge in [0.05, 0.1) is 27.0 Å². The van der Waals surface area contributed by atoms with E-state index in [0.717, 1.165) is 0 Å². The van der Waals surface area contributed by atoms with E-state index >= 15 is 0 Å². The number of halogens is 2. The fourth-order valence-corrected chi connectivity index (χ4v) is 3.67. The quantitative estimate of drug-likeness (QED) is 0.259. The molecule has 0 bridgehead atoms. The summed E-state index contributed by atoms with van der Waals surface area (Å²) in [5.41, 5.74) is 3.20. The van der Waals surface area contributed by atoms with Crippen LogP contribution in [0.5, 0.6) is 0 Å². The Kier molecular flexibility index (Phi) is 5.15. The monoisotopic (exact) mass is 460 g/mol. The molecule has 2 aromatic carbocycles. The highest BCUT2D eigenvalue weighted by molar-refractivity contribution is 6.33. The first-order chi connectivity index (χ1) is 16.0. The van der Waals surface area contributed by atoms with E-state index in [2.05, 4.69) is 20.3 Å². The van der Waals surface area contributed by atoms with Crippen LogP contribution >= 0.6 is 11.6 Å². The van der Waals surface area contributed by atoms with E-state index < -0.39 is 4.92 Å². The summed E-state index contributed by atoms with van der Waals surface area (Å²) in [5, 5.41) is 14.8. The molecule has 5 aromatic rings. The van der Waals surface area contributed by atoms with E-state index in [1.165, 1.54) is 24.3 Å². The standard InChI is InChI=1S/C23H14ClFN6O2/c24-18-5-2-12-30-21(20(29-22(18)30)14-3-1-4-17(13-14)31(32)33)19-10-11-26-23(28-19)27-16-8-6-15(25)7-9-16/h1-13H,(H,26,27,28). The second-order valence-corrected chi connectivity index (χ2v) is 7.47. The van der Waals surface area contributed by atoms with Crippen LogP contribution in [-0.2, 0) is 0 Å². The number of nitro groups is 1. The highest BCUT2D eigenvalue weighted by atomic mass is 35.5. The van der Waals surface area contributed by atoms with Gasteiger partial charge in [-0.2, -0.15) is 0 Å². The Hall–Kier alpha value is -4.37. The molecule has 8 nitrogen and oxygen atoms in total. The topological polar surface area (TPSA) is 98.2 Å². The van der Waals surface area contributed by atoms with Gasteiger partial charge in [-0.05, 0) is 42.5 Å². The van der Waals surface area contributed by atoms with E-state index in [4.69, 9.17) is 11.6 Å². The van der Waals surface area contributed by atoms with Gasteiger partial charge in [-0.1, -0.05) is 23.7 Å². The maximum absolute atomic E-state index is 13.2. The molecule has 0 spiro atoms. The van der Waals surface area contributed by atoms with Crippen molar-refractivity contribution in [2.45, 2.75) is 0 Å². The minimum Gasteiger partial charge on any atom is -0.324 e. The summed E-state index contributed by atoms with van der Waals surface area (Å²) >= 11 is 6.38. The third kappa shape index (κ3) is 3.97. The summed E-state index contributed by atoms with van der Waals surface area (Å²) in [6.07, 6.45) is 3.37. The molecular formula is C23H14ClFN6O2. The summed E-state index contributed by atoms with van der Waals surface area (Å²) in [7, 11) is 0. The molecule has 10 heteroatoms. The van der Waals surface area contributed by atoms with Gasteiger partial charge in [-0.25, -0.2) is 19.3 Å². The predicted molar refractivity (Wildman–Crippen MR) is 123 cm³/mol. The molecule has 5 rings (SSSR count). The maximum atomic E-state index is 13.2. The molecule has 3 aromatic heterocycles. The molecule has 162 valence electrons. The lowest BCUT2D eigenvalue weighted by Crippen LogP contribution is -2.00. The van der Waals surface area contributed by atoms with E-state index in [1.54, 1.807) is 59.3 Å². The van der Waals surface area contributed by atoms with Crippen LogP contribution in [-0.4, -0.2) is 24.3 Å². The summed E-state index contributed by atoms with van der Waals surface area (Å²) in [6, 6.07) is 17.2. The van der Waals surface area contributed by atoms with E-state index in [9.17, 15) is 14.5 Å². The van der Waals surface area contributed by atoms with Crippen molar-refractivity contribution in [2.24, 2.45) is 0 Å². The molecule has 0 aliphatic carbocycles. The molecule has 0 radical (unpaired) electrons. The van der Waals surface area contributed by atoms with E-state index in [0.29, 0.717) is 45.0 Å². The van der Waals surface area contributed by atoms with Gasteiger partial charge in [0.25, 0.3) is 5.69 Å². The Morgan fingerprint density at radius 1 is 1.03 bits per heavy atom. The fourth-order valence-electron chi connectivity index (χ4n) is 3.46. The van der Waals surface area contributed by atoms with Crippen LogP contribution in [0.15, 0.2) is 79.1 Å². The van der Waals surface area contributed by atoms with Crippen LogP contribution in [0.25, 0.3) is 28.3 Å². The number of hydrogen-bond donors (Lipinski definition) is 1. The molecule has 0 saturated heterocycles. The Balaban J connectivity index is 1.67. The van der Waals surface area contributed by atoms with Crippen LogP contribution in [0.3, 0.4) is 0 Å². The van der Waals surface area contributed by atoms with Gasteiger partial charge >= 0.3 is 0 Å². The van der Waals surface area contributed by atoms with Gasteiger partial charge in [-0.3, -0.25) is 14.5 Å². The molecule has 0 fully saturated rings. The highest BCUT2D eigenvalue weighted by Crippen LogP contribution is 2.35. The smallest absolute Gasteiger partial charge is 0.270 e. The average molecular weight is 461 g/mol. The number of nitro benzene ring substituents is 1. The summed E-state index contributed by atoms with van der Waals surface area (Å²) in [6.45, 7) is 0. The van der Waals surface area contributed by atoms with Crippen molar-refractivity contribution in [1.29, 1.82) is 0 Å². The van der Waals surface area contributed by atoms with Gasteiger partial charge in [0, 0.05) is 35.8 Å². The zero-order chi connectivity index (χ0) is 22.9. The Morgan fingerprint density at radius 3 is 2.64 bits per heavy atom. The number of aromatic nitrogens is 4. The van der Waals surface area contributed by atoms with Crippen molar-refractivity contribution in [2.75, 3.05) is 5.32 Å². The van der Waals surface area contributed by atoms with Gasteiger partial charge in [-0.15, -0.1) is 0 Å². The largest absolute Gasteiger partial charge is 0.324 e. The second-order valence-electron chi connectivity index (χ2n) is 7.06. The van der Waals surface area contributed by atoms with Crippen LogP contribution < -0.4 is 5.32 Å². The third-order valence-electron chi connectivity index (χ3n) is 4.93. The first kappa shape index (κ1) is 20.5.